The fourth-order valence-corrected chi connectivity index (χ4v) is 1.73. The van der Waals surface area contributed by atoms with Crippen LogP contribution in [-0.2, 0) is 20.2 Å². The molecule has 0 aliphatic carbocycles. The Kier molecular flexibility index (Phi) is 3.39. The second-order valence-electron chi connectivity index (χ2n) is 3.95. The molecule has 17 heavy (non-hydrogen) atoms. The lowest BCUT2D eigenvalue weighted by atomic mass is 10.2. The predicted molar refractivity (Wildman–Crippen MR) is 65.5 cm³/mol. The van der Waals surface area contributed by atoms with Gasteiger partial charge in [-0.15, -0.1) is 0 Å². The normalized spacial score (nSPS) is 10.5. The van der Waals surface area contributed by atoms with Gasteiger partial charge in [0, 0.05) is 38.2 Å². The summed E-state index contributed by atoms with van der Waals surface area (Å²) in [5.41, 5.74) is 0.823. The number of aliphatic hydroxyl groups is 1. The van der Waals surface area contributed by atoms with Gasteiger partial charge in [-0.3, -0.25) is 0 Å². The summed E-state index contributed by atoms with van der Waals surface area (Å²) in [6.07, 6.45) is 5.41. The monoisotopic (exact) mass is 232 g/mol. The van der Waals surface area contributed by atoms with Crippen LogP contribution in [0.2, 0.25) is 0 Å². The number of hydrogen-bond acceptors (Lipinski definition) is 4. The molecule has 0 bridgehead atoms. The average molecular weight is 232 g/mol. The lowest BCUT2D eigenvalue weighted by Gasteiger charge is -2.20. The minimum Gasteiger partial charge on any atom is -0.392 e. The van der Waals surface area contributed by atoms with Crippen LogP contribution < -0.4 is 4.90 Å². The van der Waals surface area contributed by atoms with Crippen molar-refractivity contribution < 1.29 is 5.11 Å². The van der Waals surface area contributed by atoms with Crippen LogP contribution in [0.3, 0.4) is 0 Å². The van der Waals surface area contributed by atoms with Gasteiger partial charge in [-0.1, -0.05) is 6.07 Å². The van der Waals surface area contributed by atoms with Crippen molar-refractivity contribution in [3.8, 4) is 0 Å². The fourth-order valence-electron chi connectivity index (χ4n) is 1.73. The molecule has 5 heteroatoms. The first kappa shape index (κ1) is 11.6. The summed E-state index contributed by atoms with van der Waals surface area (Å²) >= 11 is 0. The van der Waals surface area contributed by atoms with Crippen LogP contribution in [0.1, 0.15) is 11.4 Å². The van der Waals surface area contributed by atoms with Crippen molar-refractivity contribution in [1.82, 2.24) is 14.5 Å². The van der Waals surface area contributed by atoms with Gasteiger partial charge >= 0.3 is 0 Å². The minimum atomic E-state index is -0.00587. The van der Waals surface area contributed by atoms with Crippen molar-refractivity contribution in [2.24, 2.45) is 7.05 Å². The van der Waals surface area contributed by atoms with Crippen LogP contribution in [0.15, 0.2) is 30.7 Å². The van der Waals surface area contributed by atoms with Crippen LogP contribution in [0.4, 0.5) is 5.82 Å². The van der Waals surface area contributed by atoms with E-state index >= 15 is 0 Å². The standard InChI is InChI=1S/C12H16N4O/c1-15-7-6-13-11(15)8-16(2)12-10(9-17)4-3-5-14-12/h3-7,17H,8-9H2,1-2H3. The van der Waals surface area contributed by atoms with E-state index in [1.165, 1.54) is 0 Å². The van der Waals surface area contributed by atoms with Gasteiger partial charge in [0.05, 0.1) is 13.2 Å². The molecule has 5 nitrogen and oxygen atoms in total. The number of rotatable bonds is 4. The molecular formula is C12H16N4O. The highest BCUT2D eigenvalue weighted by molar-refractivity contribution is 5.45. The van der Waals surface area contributed by atoms with Gasteiger partial charge in [0.25, 0.3) is 0 Å². The number of aryl methyl sites for hydroxylation is 1. The van der Waals surface area contributed by atoms with Crippen molar-refractivity contribution in [3.63, 3.8) is 0 Å². The van der Waals surface area contributed by atoms with Crippen LogP contribution in [0.5, 0.6) is 0 Å². The van der Waals surface area contributed by atoms with Gasteiger partial charge in [-0.05, 0) is 6.07 Å². The van der Waals surface area contributed by atoms with E-state index in [-0.39, 0.29) is 6.61 Å². The van der Waals surface area contributed by atoms with Gasteiger partial charge in [-0.25, -0.2) is 9.97 Å². The minimum absolute atomic E-state index is 0.00587. The van der Waals surface area contributed by atoms with Crippen LogP contribution in [-0.4, -0.2) is 26.7 Å². The highest BCUT2D eigenvalue weighted by atomic mass is 16.3. The Hall–Kier alpha value is -1.88. The summed E-state index contributed by atoms with van der Waals surface area (Å²) in [6.45, 7) is 0.654. The van der Waals surface area contributed by atoms with Gasteiger partial charge < -0.3 is 14.6 Å². The highest BCUT2D eigenvalue weighted by Gasteiger charge is 2.10. The number of anilines is 1. The quantitative estimate of drug-likeness (QED) is 0.852. The SMILES string of the molecule is CN(Cc1nccn1C)c1ncccc1CO. The molecular weight excluding hydrogens is 216 g/mol. The largest absolute Gasteiger partial charge is 0.392 e. The van der Waals surface area contributed by atoms with Crippen molar-refractivity contribution in [3.05, 3.63) is 42.1 Å². The van der Waals surface area contributed by atoms with Gasteiger partial charge in [0.2, 0.25) is 0 Å². The summed E-state index contributed by atoms with van der Waals surface area (Å²) < 4.78 is 1.97. The van der Waals surface area contributed by atoms with Crippen molar-refractivity contribution in [1.29, 1.82) is 0 Å². The molecule has 0 atom stereocenters. The number of hydrogen-bond donors (Lipinski definition) is 1. The first-order valence-corrected chi connectivity index (χ1v) is 5.44. The third kappa shape index (κ3) is 2.45. The maximum absolute atomic E-state index is 9.26. The second-order valence-corrected chi connectivity index (χ2v) is 3.95. The van der Waals surface area contributed by atoms with Crippen molar-refractivity contribution in [2.75, 3.05) is 11.9 Å². The fraction of sp³-hybridized carbons (Fsp3) is 0.333. The van der Waals surface area contributed by atoms with E-state index < -0.39 is 0 Å². The summed E-state index contributed by atoms with van der Waals surface area (Å²) in [6, 6.07) is 3.70. The Morgan fingerprint density at radius 3 is 2.82 bits per heavy atom. The molecule has 2 aromatic rings. The van der Waals surface area contributed by atoms with E-state index in [9.17, 15) is 5.11 Å². The van der Waals surface area contributed by atoms with Crippen molar-refractivity contribution >= 4 is 5.82 Å². The number of imidazole rings is 1. The van der Waals surface area contributed by atoms with E-state index in [0.717, 1.165) is 17.2 Å². The molecule has 0 saturated carbocycles. The maximum Gasteiger partial charge on any atom is 0.134 e. The van der Waals surface area contributed by atoms with E-state index in [2.05, 4.69) is 9.97 Å². The number of pyridine rings is 1. The number of nitrogens with zero attached hydrogens (tertiary/aromatic N) is 4. The molecule has 0 saturated heterocycles. The van der Waals surface area contributed by atoms with E-state index in [1.807, 2.05) is 41.9 Å². The predicted octanol–water partition coefficient (Wildman–Crippen LogP) is 0.944. The zero-order valence-electron chi connectivity index (χ0n) is 10.0. The third-order valence-electron chi connectivity index (χ3n) is 2.70. The lowest BCUT2D eigenvalue weighted by Crippen LogP contribution is -2.21. The Bertz CT molecular complexity index is 495. The molecule has 90 valence electrons. The number of aliphatic hydroxyl groups excluding tert-OH is 1. The Balaban J connectivity index is 2.20. The second kappa shape index (κ2) is 4.97. The maximum atomic E-state index is 9.26. The van der Waals surface area contributed by atoms with Crippen molar-refractivity contribution in [2.45, 2.75) is 13.2 Å². The summed E-state index contributed by atoms with van der Waals surface area (Å²) in [5.74, 6) is 1.75. The molecule has 2 aromatic heterocycles. The van der Waals surface area contributed by atoms with Crippen LogP contribution in [0, 0.1) is 0 Å². The van der Waals surface area contributed by atoms with Gasteiger partial charge in [0.15, 0.2) is 0 Å². The van der Waals surface area contributed by atoms with Gasteiger partial charge in [-0.2, -0.15) is 0 Å². The summed E-state index contributed by atoms with van der Waals surface area (Å²) in [5, 5.41) is 9.26. The molecule has 0 aliphatic heterocycles. The van der Waals surface area contributed by atoms with Crippen LogP contribution in [0.25, 0.3) is 0 Å². The Morgan fingerprint density at radius 2 is 2.18 bits per heavy atom. The van der Waals surface area contributed by atoms with E-state index in [0.29, 0.717) is 6.54 Å². The molecule has 0 unspecified atom stereocenters. The summed E-state index contributed by atoms with van der Waals surface area (Å²) in [4.78, 5) is 10.5. The molecule has 2 rings (SSSR count). The third-order valence-corrected chi connectivity index (χ3v) is 2.70. The van der Waals surface area contributed by atoms with E-state index in [1.54, 1.807) is 12.4 Å². The molecule has 0 radical (unpaired) electrons. The highest BCUT2D eigenvalue weighted by Crippen LogP contribution is 2.17. The molecule has 0 spiro atoms. The molecule has 0 amide bonds. The smallest absolute Gasteiger partial charge is 0.134 e. The molecule has 0 aromatic carbocycles. The van der Waals surface area contributed by atoms with Crippen LogP contribution >= 0.6 is 0 Å². The van der Waals surface area contributed by atoms with Gasteiger partial charge in [0.1, 0.15) is 11.6 Å². The lowest BCUT2D eigenvalue weighted by molar-refractivity contribution is 0.281. The first-order valence-electron chi connectivity index (χ1n) is 5.44. The molecule has 1 N–H and O–H groups in total. The topological polar surface area (TPSA) is 54.2 Å². The Morgan fingerprint density at radius 1 is 1.35 bits per heavy atom. The molecule has 0 fully saturated rings. The number of aromatic nitrogens is 3. The molecule has 2 heterocycles. The van der Waals surface area contributed by atoms with E-state index in [4.69, 9.17) is 0 Å². The average Bonchev–Trinajstić information content (AvgIpc) is 2.75. The summed E-state index contributed by atoms with van der Waals surface area (Å²) in [7, 11) is 3.90. The molecule has 0 aliphatic rings. The first-order chi connectivity index (χ1) is 8.22. The zero-order valence-corrected chi connectivity index (χ0v) is 10.0. The Labute approximate surface area is 100 Å². The zero-order chi connectivity index (χ0) is 12.3.